The van der Waals surface area contributed by atoms with Gasteiger partial charge in [-0.2, -0.15) is 0 Å². The first-order valence-electron chi connectivity index (χ1n) is 7.96. The van der Waals surface area contributed by atoms with Crippen molar-refractivity contribution in [2.24, 2.45) is 5.41 Å². The minimum atomic E-state index is -0.214. The van der Waals surface area contributed by atoms with Crippen LogP contribution in [-0.2, 0) is 25.2 Å². The number of halogens is 2. The van der Waals surface area contributed by atoms with Gasteiger partial charge in [-0.05, 0) is 0 Å². The van der Waals surface area contributed by atoms with E-state index >= 15 is 0 Å². The van der Waals surface area contributed by atoms with Gasteiger partial charge in [0, 0.05) is 0 Å². The summed E-state index contributed by atoms with van der Waals surface area (Å²) in [7, 11) is 0. The molecule has 127 valence electrons. The Morgan fingerprint density at radius 3 is 2.39 bits per heavy atom. The number of hydrogen-bond donors (Lipinski definition) is 0. The van der Waals surface area contributed by atoms with Crippen molar-refractivity contribution in [3.05, 3.63) is 44.9 Å². The van der Waals surface area contributed by atoms with E-state index in [-0.39, 0.29) is 35.8 Å². The maximum atomic E-state index is 6.52. The molecule has 0 aromatic rings. The van der Waals surface area contributed by atoms with Crippen LogP contribution in [0.25, 0.3) is 0 Å². The van der Waals surface area contributed by atoms with Crippen LogP contribution in [0.5, 0.6) is 0 Å². The first kappa shape index (κ1) is 23.2. The summed E-state index contributed by atoms with van der Waals surface area (Å²) in [5.41, 5.74) is 3.94. The minimum Gasteiger partial charge on any atom is -1.00 e. The Labute approximate surface area is 165 Å². The molecule has 2 aliphatic carbocycles. The van der Waals surface area contributed by atoms with E-state index < -0.39 is 0 Å². The van der Waals surface area contributed by atoms with Crippen LogP contribution in [0.15, 0.2) is 44.9 Å². The second kappa shape index (κ2) is 9.06. The van der Waals surface area contributed by atoms with Gasteiger partial charge < -0.3 is 24.8 Å². The maximum Gasteiger partial charge on any atom is -1.00 e. The zero-order chi connectivity index (χ0) is 15.7. The summed E-state index contributed by atoms with van der Waals surface area (Å²) in [6.45, 7) is 12.1. The van der Waals surface area contributed by atoms with E-state index in [1.54, 1.807) is 0 Å². The van der Waals surface area contributed by atoms with Crippen LogP contribution < -0.4 is 24.8 Å². The second-order valence-corrected chi connectivity index (χ2v) is 7.72. The van der Waals surface area contributed by atoms with Gasteiger partial charge in [-0.1, -0.05) is 0 Å². The van der Waals surface area contributed by atoms with Crippen LogP contribution in [0.3, 0.4) is 0 Å². The van der Waals surface area contributed by atoms with Gasteiger partial charge in [0.2, 0.25) is 0 Å². The van der Waals surface area contributed by atoms with E-state index in [2.05, 4.69) is 79.4 Å². The van der Waals surface area contributed by atoms with Gasteiger partial charge in [0.25, 0.3) is 0 Å². The number of ether oxygens (including phenoxy) is 1. The van der Waals surface area contributed by atoms with E-state index in [1.807, 2.05) is 0 Å². The fourth-order valence-corrected chi connectivity index (χ4v) is 4.47. The third-order valence-corrected chi connectivity index (χ3v) is 5.70. The molecular formula is C19H27Cl2OTi. The van der Waals surface area contributed by atoms with E-state index in [0.29, 0.717) is 0 Å². The average Bonchev–Trinajstić information content (AvgIpc) is 2.85. The molecule has 0 saturated heterocycles. The number of rotatable bonds is 5. The monoisotopic (exact) mass is 389 g/mol. The van der Waals surface area contributed by atoms with Crippen molar-refractivity contribution >= 4 is 0 Å². The third-order valence-electron chi connectivity index (χ3n) is 4.96. The summed E-state index contributed by atoms with van der Waals surface area (Å²) in [6, 6.07) is 0. The van der Waals surface area contributed by atoms with Gasteiger partial charge in [-0.25, -0.2) is 0 Å². The zero-order valence-corrected chi connectivity index (χ0v) is 17.9. The van der Waals surface area contributed by atoms with Crippen LogP contribution in [0.2, 0.25) is 0 Å². The predicted octanol–water partition coefficient (Wildman–Crippen LogP) is -0.757. The molecule has 2 aliphatic rings. The molecule has 0 fully saturated rings. The van der Waals surface area contributed by atoms with Gasteiger partial charge >= 0.3 is 142 Å². The molecule has 1 nitrogen and oxygen atoms in total. The largest absolute Gasteiger partial charge is 1.00 e. The first-order chi connectivity index (χ1) is 9.85. The Balaban J connectivity index is 0.00000242. The molecule has 0 radical (unpaired) electrons. The van der Waals surface area contributed by atoms with Crippen molar-refractivity contribution in [3.8, 4) is 0 Å². The van der Waals surface area contributed by atoms with Crippen LogP contribution >= 0.6 is 0 Å². The Morgan fingerprint density at radius 1 is 1.26 bits per heavy atom. The molecule has 0 aromatic carbocycles. The molecule has 0 aromatic heterocycles. The quantitative estimate of drug-likeness (QED) is 0.562. The van der Waals surface area contributed by atoms with Crippen LogP contribution in [0, 0.1) is 5.41 Å². The molecule has 0 N–H and O–H groups in total. The van der Waals surface area contributed by atoms with E-state index in [4.69, 9.17) is 4.74 Å². The van der Waals surface area contributed by atoms with Crippen molar-refractivity contribution in [3.63, 3.8) is 0 Å². The standard InChI is InChI=1S/C19H27O.2ClH.Ti/c1-6-13-20-19(12-11-15(2)14-16(19)3)18(4,5)17-9-7-8-10-17;;;/h7,9,11,14H,6,8,12-13H2,1-5H3;2*1H;/q;;;+2/p-2. The fourth-order valence-electron chi connectivity index (χ4n) is 3.67. The zero-order valence-electron chi connectivity index (χ0n) is 14.8. The Kier molecular flexibility index (Phi) is 9.15. The molecule has 2 rings (SSSR count). The van der Waals surface area contributed by atoms with Crippen molar-refractivity contribution in [1.29, 1.82) is 0 Å². The third kappa shape index (κ3) is 4.25. The summed E-state index contributed by atoms with van der Waals surface area (Å²) in [6.07, 6.45) is 12.3. The van der Waals surface area contributed by atoms with Crippen molar-refractivity contribution < 1.29 is 50.0 Å². The van der Waals surface area contributed by atoms with Crippen molar-refractivity contribution in [2.45, 2.75) is 59.5 Å². The van der Waals surface area contributed by atoms with Crippen LogP contribution in [0.1, 0.15) is 53.9 Å². The van der Waals surface area contributed by atoms with E-state index in [0.717, 1.165) is 25.9 Å². The predicted molar refractivity (Wildman–Crippen MR) is 85.7 cm³/mol. The molecule has 0 bridgehead atoms. The molecule has 0 amide bonds. The van der Waals surface area contributed by atoms with E-state index in [9.17, 15) is 0 Å². The van der Waals surface area contributed by atoms with Crippen molar-refractivity contribution in [1.82, 2.24) is 0 Å². The van der Waals surface area contributed by atoms with Gasteiger partial charge in [-0.3, -0.25) is 0 Å². The van der Waals surface area contributed by atoms with Gasteiger partial charge in [0.15, 0.2) is 0 Å². The van der Waals surface area contributed by atoms with Crippen molar-refractivity contribution in [2.75, 3.05) is 6.61 Å². The summed E-state index contributed by atoms with van der Waals surface area (Å²) in [5, 5.41) is 0. The first-order valence-corrected chi connectivity index (χ1v) is 8.74. The Bertz CT molecular complexity index is 544. The SMILES string of the molecule is CCCOC1(C(C)(C)C2=[C]([Ti+2])CC=C2)CC=C(C)C=C1C.[Cl-].[Cl-]. The molecule has 4 heteroatoms. The average molecular weight is 390 g/mol. The fraction of sp³-hybridized carbons (Fsp3) is 0.579. The number of hydrogen-bond acceptors (Lipinski definition) is 1. The molecule has 1 atom stereocenters. The normalized spacial score (nSPS) is 24.0. The summed E-state index contributed by atoms with van der Waals surface area (Å²) in [5.74, 6) is 0. The summed E-state index contributed by atoms with van der Waals surface area (Å²) >= 11 is 2.26. The number of allylic oxidation sites excluding steroid dienone is 5. The summed E-state index contributed by atoms with van der Waals surface area (Å²) < 4.78 is 8.01. The molecule has 1 unspecified atom stereocenters. The Hall–Kier alpha value is 0.214. The molecule has 0 saturated carbocycles. The van der Waals surface area contributed by atoms with Gasteiger partial charge in [-0.15, -0.1) is 0 Å². The smallest absolute Gasteiger partial charge is 1.00 e. The minimum absolute atomic E-state index is 0. The second-order valence-electron chi connectivity index (χ2n) is 6.78. The molecular weight excluding hydrogens is 363 g/mol. The van der Waals surface area contributed by atoms with Crippen LogP contribution in [-0.4, -0.2) is 12.2 Å². The van der Waals surface area contributed by atoms with Gasteiger partial charge in [0.1, 0.15) is 0 Å². The molecule has 0 spiro atoms. The van der Waals surface area contributed by atoms with Gasteiger partial charge in [0.05, 0.1) is 0 Å². The Morgan fingerprint density at radius 2 is 1.91 bits per heavy atom. The molecule has 23 heavy (non-hydrogen) atoms. The molecule has 0 aliphatic heterocycles. The van der Waals surface area contributed by atoms with Crippen LogP contribution in [0.4, 0.5) is 0 Å². The maximum absolute atomic E-state index is 6.52. The van der Waals surface area contributed by atoms with E-state index in [1.165, 1.54) is 20.6 Å². The molecule has 0 heterocycles. The summed E-state index contributed by atoms with van der Waals surface area (Å²) in [4.78, 5) is 0. The topological polar surface area (TPSA) is 9.23 Å².